The first-order valence-electron chi connectivity index (χ1n) is 7.20. The van der Waals surface area contributed by atoms with Crippen molar-refractivity contribution in [3.63, 3.8) is 0 Å². The zero-order valence-electron chi connectivity index (χ0n) is 12.5. The Bertz CT molecular complexity index is 827. The van der Waals surface area contributed by atoms with Crippen LogP contribution in [0.2, 0.25) is 10.0 Å². The minimum Gasteiger partial charge on any atom is -0.349 e. The van der Waals surface area contributed by atoms with Gasteiger partial charge < -0.3 is 9.72 Å². The molecule has 23 heavy (non-hydrogen) atoms. The molecule has 0 aliphatic rings. The second-order valence-corrected chi connectivity index (χ2v) is 6.17. The number of fused-ring (bicyclic) bond motifs is 1. The normalized spacial score (nSPS) is 12.3. The summed E-state index contributed by atoms with van der Waals surface area (Å²) in [5, 5.41) is 4.04. The van der Waals surface area contributed by atoms with Gasteiger partial charge in [-0.05, 0) is 36.8 Å². The summed E-state index contributed by atoms with van der Waals surface area (Å²) < 4.78 is 1.89. The van der Waals surface area contributed by atoms with Gasteiger partial charge in [0, 0.05) is 22.4 Å². The lowest BCUT2D eigenvalue weighted by Crippen LogP contribution is -2.28. The summed E-state index contributed by atoms with van der Waals surface area (Å²) >= 11 is 12.1. The van der Waals surface area contributed by atoms with Gasteiger partial charge in [0.15, 0.2) is 0 Å². The van der Waals surface area contributed by atoms with Crippen molar-refractivity contribution in [3.8, 4) is 0 Å². The number of rotatable bonds is 4. The molecular weight excluding hydrogens is 333 g/mol. The third kappa shape index (κ3) is 3.66. The molecule has 0 spiro atoms. The third-order valence-electron chi connectivity index (χ3n) is 3.56. The Labute approximate surface area is 144 Å². The summed E-state index contributed by atoms with van der Waals surface area (Å²) in [6, 6.07) is 10.8. The summed E-state index contributed by atoms with van der Waals surface area (Å²) in [6.45, 7) is 1.89. The van der Waals surface area contributed by atoms with Gasteiger partial charge in [0.1, 0.15) is 5.65 Å². The van der Waals surface area contributed by atoms with Crippen LogP contribution in [0.25, 0.3) is 5.65 Å². The lowest BCUT2D eigenvalue weighted by molar-refractivity contribution is -0.121. The smallest absolute Gasteiger partial charge is 0.226 e. The highest BCUT2D eigenvalue weighted by Crippen LogP contribution is 2.26. The molecule has 0 aliphatic heterocycles. The number of benzene rings is 1. The highest BCUT2D eigenvalue weighted by Gasteiger charge is 2.14. The van der Waals surface area contributed by atoms with E-state index in [0.29, 0.717) is 10.0 Å². The maximum atomic E-state index is 12.2. The second-order valence-electron chi connectivity index (χ2n) is 5.33. The molecule has 1 atom stereocenters. The number of imidazole rings is 1. The first-order valence-corrected chi connectivity index (χ1v) is 7.95. The number of carbonyl (C=O) groups is 1. The Morgan fingerprint density at radius 1 is 1.30 bits per heavy atom. The molecule has 0 saturated heterocycles. The van der Waals surface area contributed by atoms with Crippen LogP contribution in [0.15, 0.2) is 48.8 Å². The van der Waals surface area contributed by atoms with Crippen LogP contribution in [-0.2, 0) is 11.2 Å². The van der Waals surface area contributed by atoms with Crippen LogP contribution in [-0.4, -0.2) is 15.3 Å². The number of amides is 1. The summed E-state index contributed by atoms with van der Waals surface area (Å²) in [6.07, 6.45) is 3.98. The summed E-state index contributed by atoms with van der Waals surface area (Å²) in [5.74, 6) is -0.105. The minimum absolute atomic E-state index is 0.105. The monoisotopic (exact) mass is 347 g/mol. The highest BCUT2D eigenvalue weighted by atomic mass is 35.5. The molecule has 2 aromatic heterocycles. The van der Waals surface area contributed by atoms with Crippen LogP contribution in [0.4, 0.5) is 0 Å². The van der Waals surface area contributed by atoms with E-state index in [2.05, 4.69) is 10.3 Å². The molecule has 4 nitrogen and oxygen atoms in total. The van der Waals surface area contributed by atoms with Crippen LogP contribution in [0.5, 0.6) is 0 Å². The summed E-state index contributed by atoms with van der Waals surface area (Å²) in [7, 11) is 0. The van der Waals surface area contributed by atoms with Crippen molar-refractivity contribution in [2.24, 2.45) is 0 Å². The Hall–Kier alpha value is -2.04. The van der Waals surface area contributed by atoms with Crippen molar-refractivity contribution >= 4 is 34.8 Å². The van der Waals surface area contributed by atoms with Gasteiger partial charge in [-0.1, -0.05) is 35.3 Å². The summed E-state index contributed by atoms with van der Waals surface area (Å²) in [5.41, 5.74) is 2.38. The van der Waals surface area contributed by atoms with Gasteiger partial charge in [-0.2, -0.15) is 0 Å². The molecule has 118 valence electrons. The maximum absolute atomic E-state index is 12.2. The number of nitrogens with one attached hydrogen (secondary N) is 1. The quantitative estimate of drug-likeness (QED) is 0.773. The van der Waals surface area contributed by atoms with Crippen molar-refractivity contribution in [2.75, 3.05) is 0 Å². The Morgan fingerprint density at radius 3 is 2.87 bits per heavy atom. The van der Waals surface area contributed by atoms with Gasteiger partial charge in [0.25, 0.3) is 0 Å². The van der Waals surface area contributed by atoms with Crippen LogP contribution < -0.4 is 5.32 Å². The van der Waals surface area contributed by atoms with Gasteiger partial charge in [0.05, 0.1) is 18.2 Å². The number of aromatic nitrogens is 2. The Balaban J connectivity index is 1.68. The van der Waals surface area contributed by atoms with E-state index in [1.807, 2.05) is 48.0 Å². The van der Waals surface area contributed by atoms with Gasteiger partial charge >= 0.3 is 0 Å². The fraction of sp³-hybridized carbons (Fsp3) is 0.176. The van der Waals surface area contributed by atoms with Crippen molar-refractivity contribution in [2.45, 2.75) is 19.4 Å². The van der Waals surface area contributed by atoms with E-state index in [0.717, 1.165) is 16.9 Å². The highest BCUT2D eigenvalue weighted by molar-refractivity contribution is 6.35. The van der Waals surface area contributed by atoms with E-state index < -0.39 is 0 Å². The molecule has 2 heterocycles. The number of nitrogens with zero attached hydrogens (tertiary/aromatic N) is 2. The van der Waals surface area contributed by atoms with Crippen molar-refractivity contribution in [1.82, 2.24) is 14.7 Å². The first-order chi connectivity index (χ1) is 11.0. The van der Waals surface area contributed by atoms with E-state index in [4.69, 9.17) is 23.2 Å². The van der Waals surface area contributed by atoms with Crippen LogP contribution in [0.1, 0.15) is 24.2 Å². The SMILES string of the molecule is C[C@@H](NC(=O)Cc1cn2ccccc2n1)c1ccc(Cl)cc1Cl. The predicted molar refractivity (Wildman–Crippen MR) is 91.9 cm³/mol. The van der Waals surface area contributed by atoms with Crippen LogP contribution in [0.3, 0.4) is 0 Å². The summed E-state index contributed by atoms with van der Waals surface area (Å²) in [4.78, 5) is 16.6. The molecule has 3 rings (SSSR count). The van der Waals surface area contributed by atoms with Gasteiger partial charge in [-0.3, -0.25) is 4.79 Å². The number of hydrogen-bond acceptors (Lipinski definition) is 2. The van der Waals surface area contributed by atoms with Crippen LogP contribution in [0, 0.1) is 0 Å². The Morgan fingerprint density at radius 2 is 2.13 bits per heavy atom. The van der Waals surface area contributed by atoms with Crippen molar-refractivity contribution < 1.29 is 4.79 Å². The second kappa shape index (κ2) is 6.60. The topological polar surface area (TPSA) is 46.4 Å². The van der Waals surface area contributed by atoms with E-state index in [1.165, 1.54) is 0 Å². The van der Waals surface area contributed by atoms with Crippen LogP contribution >= 0.6 is 23.2 Å². The molecule has 0 bridgehead atoms. The molecule has 0 aliphatic carbocycles. The number of hydrogen-bond donors (Lipinski definition) is 1. The van der Waals surface area contributed by atoms with Crippen molar-refractivity contribution in [3.05, 3.63) is 70.1 Å². The standard InChI is InChI=1S/C17H15Cl2N3O/c1-11(14-6-5-12(18)8-15(14)19)20-17(23)9-13-10-22-7-3-2-4-16(22)21-13/h2-8,10-11H,9H2,1H3,(H,20,23)/t11-/m1/s1. The van der Waals surface area contributed by atoms with E-state index in [9.17, 15) is 4.79 Å². The molecule has 1 amide bonds. The zero-order chi connectivity index (χ0) is 16.4. The predicted octanol–water partition coefficient (Wildman–Crippen LogP) is 4.06. The van der Waals surface area contributed by atoms with Crippen molar-refractivity contribution in [1.29, 1.82) is 0 Å². The molecule has 3 aromatic rings. The lowest BCUT2D eigenvalue weighted by atomic mass is 10.1. The molecule has 1 N–H and O–H groups in total. The lowest BCUT2D eigenvalue weighted by Gasteiger charge is -2.15. The number of halogens is 2. The molecule has 6 heteroatoms. The number of carbonyl (C=O) groups excluding carboxylic acids is 1. The van der Waals surface area contributed by atoms with E-state index in [-0.39, 0.29) is 18.4 Å². The molecule has 1 aromatic carbocycles. The van der Waals surface area contributed by atoms with Gasteiger partial charge in [-0.15, -0.1) is 0 Å². The fourth-order valence-corrected chi connectivity index (χ4v) is 3.03. The number of pyridine rings is 1. The maximum Gasteiger partial charge on any atom is 0.226 e. The largest absolute Gasteiger partial charge is 0.349 e. The van der Waals surface area contributed by atoms with Gasteiger partial charge in [-0.25, -0.2) is 4.98 Å². The molecule has 0 unspecified atom stereocenters. The van der Waals surface area contributed by atoms with E-state index >= 15 is 0 Å². The minimum atomic E-state index is -0.204. The molecule has 0 fully saturated rings. The average molecular weight is 348 g/mol. The average Bonchev–Trinajstić information content (AvgIpc) is 2.88. The zero-order valence-corrected chi connectivity index (χ0v) is 14.0. The van der Waals surface area contributed by atoms with E-state index in [1.54, 1.807) is 12.1 Å². The first kappa shape index (κ1) is 15.8. The Kier molecular flexibility index (Phi) is 4.55. The molecular formula is C17H15Cl2N3O. The molecule has 0 radical (unpaired) electrons. The third-order valence-corrected chi connectivity index (χ3v) is 4.12. The fourth-order valence-electron chi connectivity index (χ4n) is 2.46. The van der Waals surface area contributed by atoms with Gasteiger partial charge in [0.2, 0.25) is 5.91 Å². The molecule has 0 saturated carbocycles.